The fourth-order valence-electron chi connectivity index (χ4n) is 1.80. The largest absolute Gasteiger partial charge is 0.337 e. The van der Waals surface area contributed by atoms with Crippen molar-refractivity contribution in [2.45, 2.75) is 32.4 Å². The SMILES string of the molecule is CC(C)(N)CCn1cnc(-c2ccc([N+](=O)[O-])cc2)c1. The molecule has 0 fully saturated rings. The van der Waals surface area contributed by atoms with Gasteiger partial charge in [-0.1, -0.05) is 0 Å². The number of nitro groups is 1. The van der Waals surface area contributed by atoms with Crippen LogP contribution in [0.3, 0.4) is 0 Å². The number of hydrogen-bond donors (Lipinski definition) is 1. The summed E-state index contributed by atoms with van der Waals surface area (Å²) >= 11 is 0. The number of nitro benzene ring substituents is 1. The summed E-state index contributed by atoms with van der Waals surface area (Å²) in [6, 6.07) is 6.38. The van der Waals surface area contributed by atoms with Crippen LogP contribution in [0.15, 0.2) is 36.8 Å². The van der Waals surface area contributed by atoms with Crippen LogP contribution in [-0.4, -0.2) is 20.0 Å². The zero-order chi connectivity index (χ0) is 14.8. The van der Waals surface area contributed by atoms with Gasteiger partial charge in [-0.2, -0.15) is 0 Å². The van der Waals surface area contributed by atoms with Gasteiger partial charge in [0.05, 0.1) is 16.9 Å². The predicted molar refractivity (Wildman–Crippen MR) is 77.2 cm³/mol. The van der Waals surface area contributed by atoms with Crippen molar-refractivity contribution in [3.05, 3.63) is 46.9 Å². The maximum absolute atomic E-state index is 10.6. The second kappa shape index (κ2) is 5.42. The van der Waals surface area contributed by atoms with Gasteiger partial charge in [0.15, 0.2) is 0 Å². The molecule has 1 aromatic heterocycles. The van der Waals surface area contributed by atoms with E-state index in [1.807, 2.05) is 24.6 Å². The highest BCUT2D eigenvalue weighted by Crippen LogP contribution is 2.21. The molecule has 2 N–H and O–H groups in total. The second-order valence-corrected chi connectivity index (χ2v) is 5.54. The number of nitrogens with two attached hydrogens (primary N) is 1. The number of benzene rings is 1. The molecule has 0 saturated carbocycles. The predicted octanol–water partition coefficient (Wildman–Crippen LogP) is 2.59. The van der Waals surface area contributed by atoms with Crippen LogP contribution in [0.4, 0.5) is 5.69 Å². The molecular formula is C14H18N4O2. The highest BCUT2D eigenvalue weighted by atomic mass is 16.6. The number of aryl methyl sites for hydroxylation is 1. The van der Waals surface area contributed by atoms with Crippen LogP contribution < -0.4 is 5.73 Å². The summed E-state index contributed by atoms with van der Waals surface area (Å²) in [6.45, 7) is 4.77. The lowest BCUT2D eigenvalue weighted by molar-refractivity contribution is -0.384. The van der Waals surface area contributed by atoms with Crippen molar-refractivity contribution in [2.75, 3.05) is 0 Å². The van der Waals surface area contributed by atoms with E-state index in [-0.39, 0.29) is 11.2 Å². The van der Waals surface area contributed by atoms with Crippen molar-refractivity contribution in [1.29, 1.82) is 0 Å². The first-order chi connectivity index (χ1) is 9.35. The third-order valence-corrected chi connectivity index (χ3v) is 3.02. The van der Waals surface area contributed by atoms with E-state index in [0.29, 0.717) is 0 Å². The van der Waals surface area contributed by atoms with Crippen LogP contribution in [0, 0.1) is 10.1 Å². The molecule has 6 nitrogen and oxygen atoms in total. The molecule has 0 aliphatic heterocycles. The van der Waals surface area contributed by atoms with Crippen LogP contribution in [0.2, 0.25) is 0 Å². The summed E-state index contributed by atoms with van der Waals surface area (Å²) in [5, 5.41) is 10.6. The standard InChI is InChI=1S/C14H18N4O2/c1-14(2,15)7-8-17-9-13(16-10-17)11-3-5-12(6-4-11)18(19)20/h3-6,9-10H,7-8,15H2,1-2H3. The Balaban J connectivity index is 2.10. The Morgan fingerprint density at radius 1 is 1.35 bits per heavy atom. The van der Waals surface area contributed by atoms with E-state index in [2.05, 4.69) is 4.98 Å². The van der Waals surface area contributed by atoms with Gasteiger partial charge in [0.25, 0.3) is 5.69 Å². The van der Waals surface area contributed by atoms with Gasteiger partial charge >= 0.3 is 0 Å². The van der Waals surface area contributed by atoms with Crippen molar-refractivity contribution < 1.29 is 4.92 Å². The van der Waals surface area contributed by atoms with E-state index in [0.717, 1.165) is 24.2 Å². The average molecular weight is 274 g/mol. The van der Waals surface area contributed by atoms with Gasteiger partial charge < -0.3 is 10.3 Å². The molecule has 0 radical (unpaired) electrons. The molecule has 0 aliphatic rings. The van der Waals surface area contributed by atoms with Crippen molar-refractivity contribution in [1.82, 2.24) is 9.55 Å². The van der Waals surface area contributed by atoms with E-state index in [9.17, 15) is 10.1 Å². The summed E-state index contributed by atoms with van der Waals surface area (Å²) in [7, 11) is 0. The smallest absolute Gasteiger partial charge is 0.269 e. The maximum Gasteiger partial charge on any atom is 0.269 e. The Morgan fingerprint density at radius 2 is 2.00 bits per heavy atom. The molecule has 0 atom stereocenters. The Morgan fingerprint density at radius 3 is 2.55 bits per heavy atom. The highest BCUT2D eigenvalue weighted by Gasteiger charge is 2.11. The van der Waals surface area contributed by atoms with Crippen LogP contribution >= 0.6 is 0 Å². The molecule has 0 unspecified atom stereocenters. The van der Waals surface area contributed by atoms with Gasteiger partial charge in [-0.05, 0) is 32.4 Å². The molecular weight excluding hydrogens is 256 g/mol. The van der Waals surface area contributed by atoms with E-state index >= 15 is 0 Å². The summed E-state index contributed by atoms with van der Waals surface area (Å²) in [5.74, 6) is 0. The fraction of sp³-hybridized carbons (Fsp3) is 0.357. The van der Waals surface area contributed by atoms with Crippen molar-refractivity contribution in [2.24, 2.45) is 5.73 Å². The summed E-state index contributed by atoms with van der Waals surface area (Å²) < 4.78 is 1.98. The first-order valence-electron chi connectivity index (χ1n) is 6.41. The Hall–Kier alpha value is -2.21. The number of nitrogens with zero attached hydrogens (tertiary/aromatic N) is 3. The molecule has 0 saturated heterocycles. The average Bonchev–Trinajstić information content (AvgIpc) is 2.84. The van der Waals surface area contributed by atoms with Gasteiger partial charge in [-0.25, -0.2) is 4.98 Å². The zero-order valence-corrected chi connectivity index (χ0v) is 11.6. The first-order valence-corrected chi connectivity index (χ1v) is 6.41. The van der Waals surface area contributed by atoms with Crippen molar-refractivity contribution in [3.63, 3.8) is 0 Å². The zero-order valence-electron chi connectivity index (χ0n) is 11.6. The molecule has 106 valence electrons. The van der Waals surface area contributed by atoms with Crippen LogP contribution in [-0.2, 0) is 6.54 Å². The molecule has 2 aromatic rings. The van der Waals surface area contributed by atoms with Crippen LogP contribution in [0.5, 0.6) is 0 Å². The lowest BCUT2D eigenvalue weighted by atomic mass is 10.0. The van der Waals surface area contributed by atoms with Gasteiger partial charge in [-0.15, -0.1) is 0 Å². The van der Waals surface area contributed by atoms with Crippen LogP contribution in [0.1, 0.15) is 20.3 Å². The topological polar surface area (TPSA) is 87.0 Å². The van der Waals surface area contributed by atoms with Crippen LogP contribution in [0.25, 0.3) is 11.3 Å². The number of imidazole rings is 1. The van der Waals surface area contributed by atoms with E-state index < -0.39 is 4.92 Å². The minimum Gasteiger partial charge on any atom is -0.337 e. The van der Waals surface area contributed by atoms with Gasteiger partial charge in [0.1, 0.15) is 0 Å². The quantitative estimate of drug-likeness (QED) is 0.670. The summed E-state index contributed by atoms with van der Waals surface area (Å²) in [5.41, 5.74) is 7.48. The molecule has 6 heteroatoms. The minimum atomic E-state index is -0.411. The van der Waals surface area contributed by atoms with Gasteiger partial charge in [-0.3, -0.25) is 10.1 Å². The molecule has 0 spiro atoms. The lowest BCUT2D eigenvalue weighted by Gasteiger charge is -2.17. The Labute approximate surface area is 117 Å². The lowest BCUT2D eigenvalue weighted by Crippen LogP contribution is -2.32. The van der Waals surface area contributed by atoms with Crippen molar-refractivity contribution >= 4 is 5.69 Å². The van der Waals surface area contributed by atoms with E-state index in [1.165, 1.54) is 12.1 Å². The molecule has 0 bridgehead atoms. The first kappa shape index (κ1) is 14.2. The Kier molecular flexibility index (Phi) is 3.85. The number of non-ortho nitro benzene ring substituents is 1. The van der Waals surface area contributed by atoms with E-state index in [1.54, 1.807) is 18.5 Å². The normalized spacial score (nSPS) is 11.6. The third-order valence-electron chi connectivity index (χ3n) is 3.02. The molecule has 2 rings (SSSR count). The third kappa shape index (κ3) is 3.64. The second-order valence-electron chi connectivity index (χ2n) is 5.54. The molecule has 1 heterocycles. The molecule has 1 aromatic carbocycles. The number of hydrogen-bond acceptors (Lipinski definition) is 4. The summed E-state index contributed by atoms with van der Waals surface area (Å²) in [6.07, 6.45) is 4.53. The van der Waals surface area contributed by atoms with E-state index in [4.69, 9.17) is 5.73 Å². The number of aromatic nitrogens is 2. The van der Waals surface area contributed by atoms with Crippen molar-refractivity contribution in [3.8, 4) is 11.3 Å². The highest BCUT2D eigenvalue weighted by molar-refractivity contribution is 5.60. The minimum absolute atomic E-state index is 0.0815. The van der Waals surface area contributed by atoms with Gasteiger partial charge in [0, 0.05) is 36.0 Å². The molecule has 20 heavy (non-hydrogen) atoms. The fourth-order valence-corrected chi connectivity index (χ4v) is 1.80. The number of rotatable bonds is 5. The maximum atomic E-state index is 10.6. The summed E-state index contributed by atoms with van der Waals surface area (Å²) in [4.78, 5) is 14.5. The Bertz CT molecular complexity index is 596. The molecule has 0 aliphatic carbocycles. The monoisotopic (exact) mass is 274 g/mol. The molecule has 0 amide bonds. The van der Waals surface area contributed by atoms with Gasteiger partial charge in [0.2, 0.25) is 0 Å².